The highest BCUT2D eigenvalue weighted by Crippen LogP contribution is 2.45. The number of amides is 1. The van der Waals surface area contributed by atoms with Gasteiger partial charge in [-0.1, -0.05) is 6.92 Å². The molecule has 3 aliphatic rings. The zero-order valence-electron chi connectivity index (χ0n) is 11.4. The Bertz CT molecular complexity index is 498. The van der Waals surface area contributed by atoms with Crippen molar-refractivity contribution in [1.29, 1.82) is 0 Å². The fraction of sp³-hybridized carbons (Fsp3) is 0.923. The average molecular weight is 286 g/mol. The molecule has 2 saturated heterocycles. The number of nitrogens with one attached hydrogen (secondary N) is 2. The average Bonchev–Trinajstić information content (AvgIpc) is 2.94. The largest absolute Gasteiger partial charge is 0.355 e. The van der Waals surface area contributed by atoms with E-state index in [9.17, 15) is 13.2 Å². The number of rotatable bonds is 3. The third-order valence-electron chi connectivity index (χ3n) is 5.18. The Morgan fingerprint density at radius 3 is 2.79 bits per heavy atom. The first-order valence-electron chi connectivity index (χ1n) is 7.09. The Morgan fingerprint density at radius 2 is 2.11 bits per heavy atom. The molecular formula is C13H22N2O3S. The van der Waals surface area contributed by atoms with E-state index in [0.717, 1.165) is 19.3 Å². The van der Waals surface area contributed by atoms with Crippen molar-refractivity contribution in [2.75, 3.05) is 25.4 Å². The Morgan fingerprint density at radius 1 is 1.37 bits per heavy atom. The van der Waals surface area contributed by atoms with Gasteiger partial charge in [-0.15, -0.1) is 0 Å². The van der Waals surface area contributed by atoms with Gasteiger partial charge >= 0.3 is 0 Å². The molecule has 2 N–H and O–H groups in total. The van der Waals surface area contributed by atoms with E-state index in [1.54, 1.807) is 0 Å². The maximum atomic E-state index is 12.2. The lowest BCUT2D eigenvalue weighted by Gasteiger charge is -2.38. The third-order valence-corrected chi connectivity index (χ3v) is 7.57. The molecule has 108 valence electrons. The van der Waals surface area contributed by atoms with E-state index in [1.165, 1.54) is 0 Å². The topological polar surface area (TPSA) is 75.3 Å². The molecule has 19 heavy (non-hydrogen) atoms. The van der Waals surface area contributed by atoms with E-state index >= 15 is 0 Å². The smallest absolute Gasteiger partial charge is 0.225 e. The molecule has 0 bridgehead atoms. The fourth-order valence-electron chi connectivity index (χ4n) is 3.46. The van der Waals surface area contributed by atoms with Crippen LogP contribution in [0, 0.1) is 10.8 Å². The molecule has 0 spiro atoms. The number of carbonyl (C=O) groups is 1. The van der Waals surface area contributed by atoms with Crippen LogP contribution >= 0.6 is 0 Å². The van der Waals surface area contributed by atoms with Gasteiger partial charge in [0, 0.05) is 30.5 Å². The molecule has 2 unspecified atom stereocenters. The van der Waals surface area contributed by atoms with Crippen molar-refractivity contribution in [2.24, 2.45) is 10.8 Å². The van der Waals surface area contributed by atoms with Gasteiger partial charge in [-0.2, -0.15) is 0 Å². The molecule has 0 aromatic rings. The zero-order valence-corrected chi connectivity index (χ0v) is 12.2. The molecule has 0 radical (unpaired) electrons. The summed E-state index contributed by atoms with van der Waals surface area (Å²) in [5.74, 6) is 0.391. The maximum Gasteiger partial charge on any atom is 0.225 e. The van der Waals surface area contributed by atoms with E-state index in [1.807, 2.05) is 6.92 Å². The first-order chi connectivity index (χ1) is 8.88. The highest BCUT2D eigenvalue weighted by molar-refractivity contribution is 7.92. The van der Waals surface area contributed by atoms with Crippen molar-refractivity contribution in [3.63, 3.8) is 0 Å². The summed E-state index contributed by atoms with van der Waals surface area (Å²) in [6.45, 7) is 3.71. The molecule has 0 aromatic carbocycles. The van der Waals surface area contributed by atoms with Gasteiger partial charge in [-0.05, 0) is 25.7 Å². The van der Waals surface area contributed by atoms with E-state index in [4.69, 9.17) is 0 Å². The molecule has 1 aliphatic carbocycles. The zero-order chi connectivity index (χ0) is 13.7. The van der Waals surface area contributed by atoms with Crippen LogP contribution in [0.4, 0.5) is 0 Å². The Hall–Kier alpha value is -0.620. The van der Waals surface area contributed by atoms with Gasteiger partial charge in [-0.25, -0.2) is 8.42 Å². The van der Waals surface area contributed by atoms with Crippen LogP contribution in [-0.2, 0) is 14.6 Å². The molecule has 3 fully saturated rings. The summed E-state index contributed by atoms with van der Waals surface area (Å²) in [6, 6.07) is 0. The summed E-state index contributed by atoms with van der Waals surface area (Å²) < 4.78 is 24.3. The molecule has 1 amide bonds. The lowest BCUT2D eigenvalue weighted by molar-refractivity contribution is -0.126. The second kappa shape index (κ2) is 4.19. The van der Waals surface area contributed by atoms with Crippen LogP contribution in [0.15, 0.2) is 0 Å². The van der Waals surface area contributed by atoms with E-state index < -0.39 is 9.84 Å². The summed E-state index contributed by atoms with van der Waals surface area (Å²) >= 11 is 0. The fourth-order valence-corrected chi connectivity index (χ4v) is 5.71. The van der Waals surface area contributed by atoms with Crippen LogP contribution in [0.3, 0.4) is 0 Å². The van der Waals surface area contributed by atoms with Gasteiger partial charge in [0.05, 0.1) is 11.0 Å². The molecule has 2 heterocycles. The number of sulfone groups is 1. The Labute approximate surface area is 114 Å². The third kappa shape index (κ3) is 2.18. The van der Waals surface area contributed by atoms with Gasteiger partial charge in [-0.3, -0.25) is 4.79 Å². The van der Waals surface area contributed by atoms with E-state index in [0.29, 0.717) is 31.8 Å². The van der Waals surface area contributed by atoms with E-state index in [2.05, 4.69) is 10.6 Å². The van der Waals surface area contributed by atoms with Crippen molar-refractivity contribution in [2.45, 2.75) is 37.9 Å². The van der Waals surface area contributed by atoms with Crippen molar-refractivity contribution >= 4 is 15.7 Å². The summed E-state index contributed by atoms with van der Waals surface area (Å²) in [4.78, 5) is 12.0. The summed E-state index contributed by atoms with van der Waals surface area (Å²) in [5, 5.41) is 5.90. The van der Waals surface area contributed by atoms with Crippen LogP contribution < -0.4 is 10.6 Å². The minimum Gasteiger partial charge on any atom is -0.355 e. The summed E-state index contributed by atoms with van der Waals surface area (Å²) in [6.07, 6.45) is 3.51. The van der Waals surface area contributed by atoms with Crippen molar-refractivity contribution < 1.29 is 13.2 Å². The van der Waals surface area contributed by atoms with Crippen LogP contribution in [-0.4, -0.2) is 45.0 Å². The number of hydrogen-bond acceptors (Lipinski definition) is 4. The van der Waals surface area contributed by atoms with E-state index in [-0.39, 0.29) is 22.0 Å². The second-order valence-corrected chi connectivity index (χ2v) is 9.00. The lowest BCUT2D eigenvalue weighted by Crippen LogP contribution is -2.52. The molecule has 5 nitrogen and oxygen atoms in total. The maximum absolute atomic E-state index is 12.2. The SMILES string of the molecule is CC1(C(=O)NCC23CCCS(=O)(=O)C2CNC3)CC1. The molecule has 6 heteroatoms. The van der Waals surface area contributed by atoms with Crippen molar-refractivity contribution in [1.82, 2.24) is 10.6 Å². The highest BCUT2D eigenvalue weighted by atomic mass is 32.2. The standard InChI is InChI=1S/C13H22N2O3S/c1-12(4-5-12)11(16)15-9-13-3-2-6-19(17,18)10(13)7-14-8-13/h10,14H,2-9H2,1H3,(H,15,16). The van der Waals surface area contributed by atoms with Crippen LogP contribution in [0.5, 0.6) is 0 Å². The monoisotopic (exact) mass is 286 g/mol. The van der Waals surface area contributed by atoms with Gasteiger partial charge in [0.1, 0.15) is 0 Å². The van der Waals surface area contributed by atoms with Gasteiger partial charge in [0.15, 0.2) is 9.84 Å². The highest BCUT2D eigenvalue weighted by Gasteiger charge is 2.53. The van der Waals surface area contributed by atoms with Crippen LogP contribution in [0.1, 0.15) is 32.6 Å². The van der Waals surface area contributed by atoms with Crippen LogP contribution in [0.25, 0.3) is 0 Å². The first-order valence-corrected chi connectivity index (χ1v) is 8.80. The molecule has 1 saturated carbocycles. The van der Waals surface area contributed by atoms with Gasteiger partial charge in [0.2, 0.25) is 5.91 Å². The Balaban J connectivity index is 1.72. The first kappa shape index (κ1) is 13.4. The van der Waals surface area contributed by atoms with Gasteiger partial charge in [0.25, 0.3) is 0 Å². The second-order valence-electron chi connectivity index (χ2n) is 6.70. The quantitative estimate of drug-likeness (QED) is 0.770. The molecule has 2 aliphatic heterocycles. The normalized spacial score (nSPS) is 38.5. The molecular weight excluding hydrogens is 264 g/mol. The minimum absolute atomic E-state index is 0.0931. The summed E-state index contributed by atoms with van der Waals surface area (Å²) in [5.41, 5.74) is -0.469. The number of hydrogen-bond donors (Lipinski definition) is 2. The number of fused-ring (bicyclic) bond motifs is 1. The molecule has 0 aromatic heterocycles. The predicted molar refractivity (Wildman–Crippen MR) is 72.5 cm³/mol. The van der Waals surface area contributed by atoms with Crippen molar-refractivity contribution in [3.8, 4) is 0 Å². The molecule has 2 atom stereocenters. The van der Waals surface area contributed by atoms with Crippen LogP contribution in [0.2, 0.25) is 0 Å². The van der Waals surface area contributed by atoms with Gasteiger partial charge < -0.3 is 10.6 Å². The lowest BCUT2D eigenvalue weighted by atomic mass is 9.81. The van der Waals surface area contributed by atoms with Crippen molar-refractivity contribution in [3.05, 3.63) is 0 Å². The predicted octanol–water partition coefficient (Wildman–Crippen LogP) is 0.0695. The Kier molecular flexibility index (Phi) is 2.94. The molecule has 3 rings (SSSR count). The number of carbonyl (C=O) groups excluding carboxylic acids is 1. The summed E-state index contributed by atoms with van der Waals surface area (Å²) in [7, 11) is -3.00. The minimum atomic E-state index is -3.00.